The number of rotatable bonds is 5. The number of thiophene rings is 1. The normalized spacial score (nSPS) is 13.2. The van der Waals surface area contributed by atoms with Crippen LogP contribution in [0.5, 0.6) is 0 Å². The van der Waals surface area contributed by atoms with Crippen LogP contribution >= 0.6 is 11.3 Å². The molecule has 0 radical (unpaired) electrons. The van der Waals surface area contributed by atoms with E-state index in [9.17, 15) is 8.42 Å². The largest absolute Gasteiger partial charge is 0.377 e. The van der Waals surface area contributed by atoms with Crippen LogP contribution in [0, 0.1) is 6.92 Å². The molecule has 2 aromatic rings. The van der Waals surface area contributed by atoms with Crippen molar-refractivity contribution in [2.75, 3.05) is 12.4 Å². The molecule has 0 fully saturated rings. The van der Waals surface area contributed by atoms with Crippen LogP contribution in [0.25, 0.3) is 0 Å². The first-order valence-electron chi connectivity index (χ1n) is 6.29. The summed E-state index contributed by atoms with van der Waals surface area (Å²) >= 11 is 1.71. The van der Waals surface area contributed by atoms with Crippen LogP contribution < -0.4 is 10.0 Å². The van der Waals surface area contributed by atoms with Crippen LogP contribution in [0.4, 0.5) is 5.69 Å². The summed E-state index contributed by atoms with van der Waals surface area (Å²) in [6.07, 6.45) is 0. The molecule has 108 valence electrons. The van der Waals surface area contributed by atoms with Crippen LogP contribution in [0.3, 0.4) is 0 Å². The summed E-state index contributed by atoms with van der Waals surface area (Å²) in [7, 11) is -2.05. The van der Waals surface area contributed by atoms with Crippen molar-refractivity contribution < 1.29 is 8.42 Å². The lowest BCUT2D eigenvalue weighted by atomic mass is 10.2. The predicted molar refractivity (Wildman–Crippen MR) is 83.8 cm³/mol. The van der Waals surface area contributed by atoms with Crippen molar-refractivity contribution in [3.05, 3.63) is 46.2 Å². The van der Waals surface area contributed by atoms with Gasteiger partial charge in [-0.2, -0.15) is 0 Å². The van der Waals surface area contributed by atoms with Crippen LogP contribution in [0.1, 0.15) is 22.7 Å². The highest BCUT2D eigenvalue weighted by atomic mass is 32.2. The maximum Gasteiger partial charge on any atom is 0.242 e. The Kier molecular flexibility index (Phi) is 4.47. The van der Waals surface area contributed by atoms with E-state index in [1.165, 1.54) is 16.8 Å². The zero-order chi connectivity index (χ0) is 14.8. The fourth-order valence-electron chi connectivity index (χ4n) is 1.92. The molecule has 0 aliphatic rings. The van der Waals surface area contributed by atoms with E-state index in [1.54, 1.807) is 29.5 Å². The van der Waals surface area contributed by atoms with Gasteiger partial charge in [0.2, 0.25) is 10.0 Å². The number of hydrogen-bond acceptors (Lipinski definition) is 4. The highest BCUT2D eigenvalue weighted by molar-refractivity contribution is 7.89. The summed E-state index contributed by atoms with van der Waals surface area (Å²) in [5, 5.41) is 3.27. The molecule has 0 bridgehead atoms. The standard InChI is InChI=1S/C14H18N2O2S2/c1-10-8-9-13(19-10)11(2)16-12-6-4-5-7-14(12)20(17,18)15-3/h4-9,11,15-16H,1-3H3. The van der Waals surface area contributed by atoms with E-state index in [1.807, 2.05) is 13.0 Å². The van der Waals surface area contributed by atoms with Crippen molar-refractivity contribution in [1.29, 1.82) is 0 Å². The third-order valence-electron chi connectivity index (χ3n) is 3.01. The molecule has 0 spiro atoms. The summed E-state index contributed by atoms with van der Waals surface area (Å²) in [6, 6.07) is 11.1. The van der Waals surface area contributed by atoms with E-state index >= 15 is 0 Å². The van der Waals surface area contributed by atoms with Gasteiger partial charge in [-0.3, -0.25) is 0 Å². The number of hydrogen-bond donors (Lipinski definition) is 2. The van der Waals surface area contributed by atoms with Gasteiger partial charge in [-0.05, 0) is 45.2 Å². The Hall–Kier alpha value is -1.37. The average molecular weight is 310 g/mol. The molecule has 2 rings (SSSR count). The van der Waals surface area contributed by atoms with Gasteiger partial charge in [0.15, 0.2) is 0 Å². The summed E-state index contributed by atoms with van der Waals surface area (Å²) in [6.45, 7) is 4.08. The van der Waals surface area contributed by atoms with Gasteiger partial charge in [0.05, 0.1) is 11.7 Å². The molecule has 1 aromatic heterocycles. The zero-order valence-electron chi connectivity index (χ0n) is 11.7. The summed E-state index contributed by atoms with van der Waals surface area (Å²) in [5.41, 5.74) is 0.611. The number of aryl methyl sites for hydroxylation is 1. The molecule has 4 nitrogen and oxygen atoms in total. The molecule has 0 aliphatic heterocycles. The number of benzene rings is 1. The SMILES string of the molecule is CNS(=O)(=O)c1ccccc1NC(C)c1ccc(C)s1. The highest BCUT2D eigenvalue weighted by Gasteiger charge is 2.17. The van der Waals surface area contributed by atoms with Crippen LogP contribution in [0.15, 0.2) is 41.3 Å². The van der Waals surface area contributed by atoms with Crippen molar-refractivity contribution >= 4 is 27.0 Å². The van der Waals surface area contributed by atoms with Crippen LogP contribution in [-0.2, 0) is 10.0 Å². The fourth-order valence-corrected chi connectivity index (χ4v) is 3.69. The molecule has 1 atom stereocenters. The van der Waals surface area contributed by atoms with E-state index in [4.69, 9.17) is 0 Å². The van der Waals surface area contributed by atoms with Crippen molar-refractivity contribution in [2.45, 2.75) is 24.8 Å². The maximum atomic E-state index is 12.0. The first-order chi connectivity index (χ1) is 9.44. The molecule has 0 saturated heterocycles. The van der Waals surface area contributed by atoms with Gasteiger partial charge >= 0.3 is 0 Å². The van der Waals surface area contributed by atoms with Crippen LogP contribution in [-0.4, -0.2) is 15.5 Å². The van der Waals surface area contributed by atoms with Gasteiger partial charge in [-0.1, -0.05) is 12.1 Å². The average Bonchev–Trinajstić information content (AvgIpc) is 2.86. The van der Waals surface area contributed by atoms with E-state index in [-0.39, 0.29) is 10.9 Å². The van der Waals surface area contributed by atoms with Gasteiger partial charge in [0.1, 0.15) is 4.90 Å². The zero-order valence-corrected chi connectivity index (χ0v) is 13.3. The first kappa shape index (κ1) is 15.0. The van der Waals surface area contributed by atoms with Crippen LogP contribution in [0.2, 0.25) is 0 Å². The minimum absolute atomic E-state index is 0.0573. The Bertz CT molecular complexity index is 693. The van der Waals surface area contributed by atoms with Gasteiger partial charge in [0.25, 0.3) is 0 Å². The molecule has 6 heteroatoms. The van der Waals surface area contributed by atoms with E-state index in [2.05, 4.69) is 29.1 Å². The summed E-state index contributed by atoms with van der Waals surface area (Å²) < 4.78 is 26.3. The van der Waals surface area contributed by atoms with Crippen molar-refractivity contribution in [1.82, 2.24) is 4.72 Å². The highest BCUT2D eigenvalue weighted by Crippen LogP contribution is 2.28. The van der Waals surface area contributed by atoms with Gasteiger partial charge in [-0.15, -0.1) is 11.3 Å². The first-order valence-corrected chi connectivity index (χ1v) is 8.59. The second-order valence-electron chi connectivity index (χ2n) is 4.52. The number of sulfonamides is 1. The lowest BCUT2D eigenvalue weighted by Gasteiger charge is -2.17. The lowest BCUT2D eigenvalue weighted by Crippen LogP contribution is -2.20. The number of anilines is 1. The minimum atomic E-state index is -3.46. The molecule has 0 amide bonds. The van der Waals surface area contributed by atoms with Gasteiger partial charge < -0.3 is 5.32 Å². The molecule has 1 aromatic carbocycles. The molecular weight excluding hydrogens is 292 g/mol. The van der Waals surface area contributed by atoms with E-state index < -0.39 is 10.0 Å². The Morgan fingerprint density at radius 2 is 1.85 bits per heavy atom. The molecule has 0 saturated carbocycles. The topological polar surface area (TPSA) is 58.2 Å². The van der Waals surface area contributed by atoms with E-state index in [0.717, 1.165) is 0 Å². The quantitative estimate of drug-likeness (QED) is 0.892. The van der Waals surface area contributed by atoms with Gasteiger partial charge in [0, 0.05) is 9.75 Å². The fraction of sp³-hybridized carbons (Fsp3) is 0.286. The Balaban J connectivity index is 2.30. The smallest absolute Gasteiger partial charge is 0.242 e. The lowest BCUT2D eigenvalue weighted by molar-refractivity contribution is 0.588. The number of para-hydroxylation sites is 1. The molecule has 20 heavy (non-hydrogen) atoms. The third-order valence-corrected chi connectivity index (χ3v) is 5.66. The minimum Gasteiger partial charge on any atom is -0.377 e. The van der Waals surface area contributed by atoms with E-state index in [0.29, 0.717) is 5.69 Å². The molecular formula is C14H18N2O2S2. The van der Waals surface area contributed by atoms with Crippen molar-refractivity contribution in [3.8, 4) is 0 Å². The number of nitrogens with one attached hydrogen (secondary N) is 2. The third kappa shape index (κ3) is 3.20. The molecule has 1 heterocycles. The second-order valence-corrected chi connectivity index (χ2v) is 7.69. The summed E-state index contributed by atoms with van der Waals surface area (Å²) in [5.74, 6) is 0. The van der Waals surface area contributed by atoms with Gasteiger partial charge in [-0.25, -0.2) is 13.1 Å². The monoisotopic (exact) mass is 310 g/mol. The van der Waals surface area contributed by atoms with Crippen molar-refractivity contribution in [2.24, 2.45) is 0 Å². The maximum absolute atomic E-state index is 12.0. The second kappa shape index (κ2) is 5.95. The Morgan fingerprint density at radius 1 is 1.15 bits per heavy atom. The molecule has 1 unspecified atom stereocenters. The van der Waals surface area contributed by atoms with Crippen molar-refractivity contribution in [3.63, 3.8) is 0 Å². The summed E-state index contributed by atoms with van der Waals surface area (Å²) in [4.78, 5) is 2.69. The molecule has 0 aliphatic carbocycles. The predicted octanol–water partition coefficient (Wildman–Crippen LogP) is 3.14. The Labute approximate surface area is 123 Å². The molecule has 2 N–H and O–H groups in total. The Morgan fingerprint density at radius 3 is 2.45 bits per heavy atom.